The number of benzene rings is 4. The van der Waals surface area contributed by atoms with E-state index in [1.165, 1.54) is 49.5 Å². The van der Waals surface area contributed by atoms with Crippen molar-refractivity contribution in [2.75, 3.05) is 25.1 Å². The molecule has 0 heterocycles. The van der Waals surface area contributed by atoms with Crippen molar-refractivity contribution in [2.45, 2.75) is 55.6 Å². The average Bonchev–Trinajstić information content (AvgIpc) is 3.62. The molecule has 1 aliphatic rings. The van der Waals surface area contributed by atoms with E-state index in [9.17, 15) is 18.0 Å². The van der Waals surface area contributed by atoms with Crippen LogP contribution < -0.4 is 19.1 Å². The van der Waals surface area contributed by atoms with E-state index in [1.54, 1.807) is 30.3 Å². The first kappa shape index (κ1) is 36.0. The van der Waals surface area contributed by atoms with E-state index >= 15 is 0 Å². The molecule has 0 aromatic heterocycles. The Hall–Kier alpha value is -4.25. The number of methoxy groups -OCH3 is 2. The summed E-state index contributed by atoms with van der Waals surface area (Å²) in [6, 6.07) is 25.9. The number of amides is 2. The second kappa shape index (κ2) is 16.4. The Labute approximate surface area is 297 Å². The lowest BCUT2D eigenvalue weighted by molar-refractivity contribution is -0.140. The largest absolute Gasteiger partial charge is 0.493 e. The van der Waals surface area contributed by atoms with Crippen LogP contribution in [0.2, 0.25) is 10.0 Å². The number of nitrogens with zero attached hydrogens (tertiary/aromatic N) is 2. The lowest BCUT2D eigenvalue weighted by atomic mass is 10.0. The number of carbonyl (C=O) groups excluding carboxylic acids is 2. The molecule has 12 heteroatoms. The molecule has 5 rings (SSSR count). The Morgan fingerprint density at radius 3 is 2.14 bits per heavy atom. The van der Waals surface area contributed by atoms with Gasteiger partial charge in [-0.05, 0) is 72.5 Å². The summed E-state index contributed by atoms with van der Waals surface area (Å²) >= 11 is 12.5. The first-order chi connectivity index (χ1) is 23.6. The van der Waals surface area contributed by atoms with E-state index < -0.39 is 28.5 Å². The van der Waals surface area contributed by atoms with Crippen LogP contribution in [0, 0.1) is 0 Å². The van der Waals surface area contributed by atoms with Crippen molar-refractivity contribution in [3.8, 4) is 11.5 Å². The summed E-state index contributed by atoms with van der Waals surface area (Å²) in [6.45, 7) is -0.597. The predicted octanol–water partition coefficient (Wildman–Crippen LogP) is 6.90. The number of rotatable bonds is 14. The highest BCUT2D eigenvalue weighted by atomic mass is 35.5. The summed E-state index contributed by atoms with van der Waals surface area (Å²) in [6.07, 6.45) is 3.97. The minimum absolute atomic E-state index is 0.00453. The van der Waals surface area contributed by atoms with E-state index in [1.807, 2.05) is 36.4 Å². The van der Waals surface area contributed by atoms with Gasteiger partial charge in [0.05, 0.1) is 24.8 Å². The SMILES string of the molecule is COc1ccc(S(=O)(=O)N(CC(=O)N(Cc2cccc(Cl)c2)[C@@H](Cc2ccccc2)C(=O)NC2CCCC2)c2ccc(Cl)cc2)cc1OC. The molecule has 0 saturated heterocycles. The number of hydrogen-bond donors (Lipinski definition) is 1. The standard InChI is InChI=1S/C37H39Cl2N3O6S/c1-47-34-20-19-32(23-35(34)48-2)49(45,46)42(31-17-15-28(38)16-18-31)25-36(43)41(24-27-11-8-12-29(39)21-27)33(22-26-9-4-3-5-10-26)37(44)40-30-13-6-7-14-30/h3-5,8-12,15-21,23,30,33H,6-7,13-14,22,24-25H2,1-2H3,(H,40,44)/t33-/m0/s1. The minimum Gasteiger partial charge on any atom is -0.493 e. The van der Waals surface area contributed by atoms with Crippen LogP contribution in [0.5, 0.6) is 11.5 Å². The summed E-state index contributed by atoms with van der Waals surface area (Å²) in [7, 11) is -1.51. The lowest BCUT2D eigenvalue weighted by Crippen LogP contribution is -2.54. The fourth-order valence-electron chi connectivity index (χ4n) is 5.99. The molecule has 1 aliphatic carbocycles. The summed E-state index contributed by atoms with van der Waals surface area (Å²) in [5.41, 5.74) is 1.75. The smallest absolute Gasteiger partial charge is 0.264 e. The lowest BCUT2D eigenvalue weighted by Gasteiger charge is -2.34. The Morgan fingerprint density at radius 2 is 1.49 bits per heavy atom. The van der Waals surface area contributed by atoms with Gasteiger partial charge >= 0.3 is 0 Å². The second-order valence-electron chi connectivity index (χ2n) is 11.9. The summed E-state index contributed by atoms with van der Waals surface area (Å²) in [5, 5.41) is 4.04. The quantitative estimate of drug-likeness (QED) is 0.152. The van der Waals surface area contributed by atoms with Crippen molar-refractivity contribution in [3.63, 3.8) is 0 Å². The van der Waals surface area contributed by atoms with Crippen LogP contribution in [0.25, 0.3) is 0 Å². The zero-order valence-corrected chi connectivity index (χ0v) is 29.7. The molecule has 0 bridgehead atoms. The third-order valence-electron chi connectivity index (χ3n) is 8.55. The van der Waals surface area contributed by atoms with Crippen molar-refractivity contribution in [2.24, 2.45) is 0 Å². The van der Waals surface area contributed by atoms with Crippen molar-refractivity contribution >= 4 is 50.7 Å². The molecule has 2 amide bonds. The van der Waals surface area contributed by atoms with Crippen molar-refractivity contribution < 1.29 is 27.5 Å². The topological polar surface area (TPSA) is 105 Å². The maximum atomic E-state index is 14.7. The molecule has 9 nitrogen and oxygen atoms in total. The number of halogens is 2. The molecule has 1 fully saturated rings. The molecule has 1 atom stereocenters. The van der Waals surface area contributed by atoms with Crippen LogP contribution in [0.4, 0.5) is 5.69 Å². The van der Waals surface area contributed by atoms with Crippen LogP contribution >= 0.6 is 23.2 Å². The molecule has 49 heavy (non-hydrogen) atoms. The van der Waals surface area contributed by atoms with Crippen molar-refractivity contribution in [1.82, 2.24) is 10.2 Å². The zero-order valence-electron chi connectivity index (χ0n) is 27.4. The van der Waals surface area contributed by atoms with Gasteiger partial charge in [0, 0.05) is 35.1 Å². The third kappa shape index (κ3) is 9.06. The number of sulfonamides is 1. The van der Waals surface area contributed by atoms with Crippen LogP contribution in [-0.2, 0) is 32.6 Å². The predicted molar refractivity (Wildman–Crippen MR) is 192 cm³/mol. The van der Waals surface area contributed by atoms with E-state index in [-0.39, 0.29) is 41.2 Å². The highest BCUT2D eigenvalue weighted by molar-refractivity contribution is 7.92. The molecule has 0 unspecified atom stereocenters. The fraction of sp³-hybridized carbons (Fsp3) is 0.297. The molecule has 0 radical (unpaired) electrons. The molecule has 4 aromatic rings. The zero-order chi connectivity index (χ0) is 35.0. The Balaban J connectivity index is 1.58. The van der Waals surface area contributed by atoms with E-state index in [0.29, 0.717) is 21.4 Å². The van der Waals surface area contributed by atoms with Gasteiger partial charge in [0.2, 0.25) is 11.8 Å². The molecule has 1 N–H and O–H groups in total. The molecule has 1 saturated carbocycles. The van der Waals surface area contributed by atoms with Gasteiger partial charge in [0.1, 0.15) is 12.6 Å². The average molecular weight is 725 g/mol. The van der Waals surface area contributed by atoms with Crippen LogP contribution in [0.1, 0.15) is 36.8 Å². The normalized spacial score (nSPS) is 13.8. The highest BCUT2D eigenvalue weighted by Crippen LogP contribution is 2.33. The van der Waals surface area contributed by atoms with Crippen molar-refractivity contribution in [3.05, 3.63) is 118 Å². The van der Waals surface area contributed by atoms with Gasteiger partial charge in [-0.2, -0.15) is 0 Å². The fourth-order valence-corrected chi connectivity index (χ4v) is 7.76. The number of hydrogen-bond acceptors (Lipinski definition) is 6. The Morgan fingerprint density at radius 1 is 0.816 bits per heavy atom. The summed E-state index contributed by atoms with van der Waals surface area (Å²) in [4.78, 5) is 30.2. The molecule has 0 spiro atoms. The number of anilines is 1. The third-order valence-corrected chi connectivity index (χ3v) is 10.8. The molecular weight excluding hydrogens is 685 g/mol. The van der Waals surface area contributed by atoms with Gasteiger partial charge in [-0.1, -0.05) is 78.5 Å². The van der Waals surface area contributed by atoms with E-state index in [0.717, 1.165) is 35.6 Å². The van der Waals surface area contributed by atoms with E-state index in [4.69, 9.17) is 32.7 Å². The minimum atomic E-state index is -4.37. The second-order valence-corrected chi connectivity index (χ2v) is 14.6. The Bertz CT molecular complexity index is 1850. The van der Waals surface area contributed by atoms with Gasteiger partial charge in [0.15, 0.2) is 11.5 Å². The van der Waals surface area contributed by atoms with Crippen LogP contribution in [0.15, 0.2) is 102 Å². The summed E-state index contributed by atoms with van der Waals surface area (Å²) < 4.78 is 40.5. The maximum Gasteiger partial charge on any atom is 0.264 e. The van der Waals surface area contributed by atoms with Crippen molar-refractivity contribution in [1.29, 1.82) is 0 Å². The van der Waals surface area contributed by atoms with Gasteiger partial charge in [0.25, 0.3) is 10.0 Å². The number of nitrogens with one attached hydrogen (secondary N) is 1. The van der Waals surface area contributed by atoms with Crippen LogP contribution in [-0.4, -0.2) is 58.0 Å². The number of carbonyl (C=O) groups is 2. The van der Waals surface area contributed by atoms with Gasteiger partial charge in [-0.25, -0.2) is 8.42 Å². The first-order valence-electron chi connectivity index (χ1n) is 16.0. The number of ether oxygens (including phenoxy) is 2. The first-order valence-corrected chi connectivity index (χ1v) is 18.2. The highest BCUT2D eigenvalue weighted by Gasteiger charge is 2.36. The van der Waals surface area contributed by atoms with Gasteiger partial charge in [-0.15, -0.1) is 0 Å². The molecule has 4 aromatic carbocycles. The van der Waals surface area contributed by atoms with E-state index in [2.05, 4.69) is 5.32 Å². The monoisotopic (exact) mass is 723 g/mol. The Kier molecular flexibility index (Phi) is 12.1. The van der Waals surface area contributed by atoms with Crippen LogP contribution in [0.3, 0.4) is 0 Å². The molecule has 258 valence electrons. The molecular formula is C37H39Cl2N3O6S. The maximum absolute atomic E-state index is 14.7. The molecule has 0 aliphatic heterocycles. The van der Waals surface area contributed by atoms with Gasteiger partial charge < -0.3 is 19.7 Å². The van der Waals surface area contributed by atoms with Gasteiger partial charge in [-0.3, -0.25) is 13.9 Å². The summed E-state index contributed by atoms with van der Waals surface area (Å²) in [5.74, 6) is -0.325.